The molecule has 1 saturated heterocycles. The number of benzene rings is 1. The zero-order valence-electron chi connectivity index (χ0n) is 10.7. The van der Waals surface area contributed by atoms with E-state index in [1.54, 1.807) is 0 Å². The molecule has 1 fully saturated rings. The highest BCUT2D eigenvalue weighted by Gasteiger charge is 2.33. The zero-order valence-corrected chi connectivity index (χ0v) is 10.7. The first-order valence-electron chi connectivity index (χ1n) is 6.53. The van der Waals surface area contributed by atoms with E-state index in [1.165, 1.54) is 0 Å². The highest BCUT2D eigenvalue weighted by Crippen LogP contribution is 2.39. The third kappa shape index (κ3) is 1.95. The van der Waals surface area contributed by atoms with Crippen LogP contribution in [0.1, 0.15) is 24.0 Å². The summed E-state index contributed by atoms with van der Waals surface area (Å²) in [4.78, 5) is 0. The van der Waals surface area contributed by atoms with Gasteiger partial charge in [-0.15, -0.1) is 0 Å². The average Bonchev–Trinajstić information content (AvgIpc) is 2.38. The number of nitrogens with one attached hydrogen (secondary N) is 1. The summed E-state index contributed by atoms with van der Waals surface area (Å²) in [6.07, 6.45) is 1.78. The number of hydrogen-bond acceptors (Lipinski definition) is 4. The van der Waals surface area contributed by atoms with Crippen LogP contribution >= 0.6 is 0 Å². The molecule has 0 radical (unpaired) electrons. The van der Waals surface area contributed by atoms with E-state index < -0.39 is 5.60 Å². The molecule has 18 heavy (non-hydrogen) atoms. The molecule has 98 valence electrons. The first kappa shape index (κ1) is 11.8. The Kier molecular flexibility index (Phi) is 2.92. The molecule has 0 aromatic heterocycles. The van der Waals surface area contributed by atoms with E-state index in [2.05, 4.69) is 5.32 Å². The lowest BCUT2D eigenvalue weighted by Gasteiger charge is -2.35. The third-order valence-electron chi connectivity index (χ3n) is 3.75. The van der Waals surface area contributed by atoms with Gasteiger partial charge in [0, 0.05) is 6.54 Å². The first-order chi connectivity index (χ1) is 8.69. The summed E-state index contributed by atoms with van der Waals surface area (Å²) in [7, 11) is 0. The number of ether oxygens (including phenoxy) is 2. The van der Waals surface area contributed by atoms with Crippen molar-refractivity contribution < 1.29 is 14.6 Å². The molecule has 1 atom stereocenters. The number of rotatable bonds is 1. The van der Waals surface area contributed by atoms with Gasteiger partial charge in [-0.05, 0) is 49.6 Å². The van der Waals surface area contributed by atoms with Crippen LogP contribution in [0, 0.1) is 6.92 Å². The number of aliphatic hydroxyl groups is 1. The van der Waals surface area contributed by atoms with Gasteiger partial charge in [0.2, 0.25) is 0 Å². The van der Waals surface area contributed by atoms with Gasteiger partial charge in [-0.3, -0.25) is 0 Å². The standard InChI is InChI=1S/C14H19NO3/c1-10-7-12-13(18-6-5-17-12)8-11(10)14(16)3-2-4-15-9-14/h7-8,15-16H,2-6,9H2,1H3. The Bertz CT molecular complexity index is 453. The Morgan fingerprint density at radius 2 is 1.94 bits per heavy atom. The zero-order chi connectivity index (χ0) is 12.6. The van der Waals surface area contributed by atoms with E-state index in [9.17, 15) is 5.11 Å². The third-order valence-corrected chi connectivity index (χ3v) is 3.75. The van der Waals surface area contributed by atoms with Gasteiger partial charge in [-0.2, -0.15) is 0 Å². The summed E-state index contributed by atoms with van der Waals surface area (Å²) >= 11 is 0. The highest BCUT2D eigenvalue weighted by atomic mass is 16.6. The fourth-order valence-electron chi connectivity index (χ4n) is 2.81. The number of aryl methyl sites for hydroxylation is 1. The van der Waals surface area contributed by atoms with Crippen LogP contribution in [-0.2, 0) is 5.60 Å². The van der Waals surface area contributed by atoms with Gasteiger partial charge < -0.3 is 19.9 Å². The maximum Gasteiger partial charge on any atom is 0.161 e. The minimum absolute atomic E-state index is 0.576. The number of fused-ring (bicyclic) bond motifs is 1. The van der Waals surface area contributed by atoms with Crippen LogP contribution in [0.25, 0.3) is 0 Å². The van der Waals surface area contributed by atoms with Gasteiger partial charge in [-0.1, -0.05) is 0 Å². The Balaban J connectivity index is 2.00. The van der Waals surface area contributed by atoms with Crippen molar-refractivity contribution in [3.63, 3.8) is 0 Å². The van der Waals surface area contributed by atoms with Gasteiger partial charge in [0.15, 0.2) is 11.5 Å². The molecule has 4 nitrogen and oxygen atoms in total. The van der Waals surface area contributed by atoms with Crippen LogP contribution in [0.3, 0.4) is 0 Å². The molecule has 2 N–H and O–H groups in total. The SMILES string of the molecule is Cc1cc2c(cc1C1(O)CCCNC1)OCCO2. The van der Waals surface area contributed by atoms with Gasteiger partial charge >= 0.3 is 0 Å². The summed E-state index contributed by atoms with van der Waals surface area (Å²) in [5, 5.41) is 14.0. The summed E-state index contributed by atoms with van der Waals surface area (Å²) < 4.78 is 11.2. The molecule has 0 aliphatic carbocycles. The predicted octanol–water partition coefficient (Wildman–Crippen LogP) is 1.34. The molecule has 4 heteroatoms. The molecular weight excluding hydrogens is 230 g/mol. The Hall–Kier alpha value is -1.26. The lowest BCUT2D eigenvalue weighted by Crippen LogP contribution is -2.43. The molecule has 2 aliphatic rings. The molecule has 0 amide bonds. The van der Waals surface area contributed by atoms with E-state index in [4.69, 9.17) is 9.47 Å². The fraction of sp³-hybridized carbons (Fsp3) is 0.571. The quantitative estimate of drug-likeness (QED) is 0.788. The molecule has 3 rings (SSSR count). The number of hydrogen-bond donors (Lipinski definition) is 2. The summed E-state index contributed by atoms with van der Waals surface area (Å²) in [6, 6.07) is 3.91. The molecule has 1 unspecified atom stereocenters. The maximum atomic E-state index is 10.8. The second kappa shape index (κ2) is 4.44. The minimum Gasteiger partial charge on any atom is -0.486 e. The normalized spacial score (nSPS) is 27.0. The maximum absolute atomic E-state index is 10.8. The molecule has 0 spiro atoms. The molecule has 1 aromatic rings. The molecule has 2 aliphatic heterocycles. The van der Waals surface area contributed by atoms with Crippen molar-refractivity contribution >= 4 is 0 Å². The van der Waals surface area contributed by atoms with Crippen LogP contribution in [0.5, 0.6) is 11.5 Å². The molecule has 2 heterocycles. The van der Waals surface area contributed by atoms with Crippen LogP contribution in [-0.4, -0.2) is 31.4 Å². The second-order valence-electron chi connectivity index (χ2n) is 5.12. The van der Waals surface area contributed by atoms with Crippen molar-refractivity contribution in [3.05, 3.63) is 23.3 Å². The van der Waals surface area contributed by atoms with E-state index >= 15 is 0 Å². The fourth-order valence-corrected chi connectivity index (χ4v) is 2.81. The van der Waals surface area contributed by atoms with Crippen molar-refractivity contribution in [2.24, 2.45) is 0 Å². The topological polar surface area (TPSA) is 50.7 Å². The lowest BCUT2D eigenvalue weighted by atomic mass is 9.84. The molecule has 0 bridgehead atoms. The van der Waals surface area contributed by atoms with Crippen LogP contribution in [0.2, 0.25) is 0 Å². The minimum atomic E-state index is -0.780. The molecule has 0 saturated carbocycles. The Morgan fingerprint density at radius 1 is 1.22 bits per heavy atom. The van der Waals surface area contributed by atoms with Crippen molar-refractivity contribution in [1.82, 2.24) is 5.32 Å². The first-order valence-corrected chi connectivity index (χ1v) is 6.53. The van der Waals surface area contributed by atoms with Crippen molar-refractivity contribution in [2.45, 2.75) is 25.4 Å². The lowest BCUT2D eigenvalue weighted by molar-refractivity contribution is 0.0113. The van der Waals surface area contributed by atoms with Crippen molar-refractivity contribution in [2.75, 3.05) is 26.3 Å². The van der Waals surface area contributed by atoms with Crippen LogP contribution < -0.4 is 14.8 Å². The summed E-state index contributed by atoms with van der Waals surface area (Å²) in [6.45, 7) is 4.77. The highest BCUT2D eigenvalue weighted by molar-refractivity contribution is 5.49. The van der Waals surface area contributed by atoms with Crippen molar-refractivity contribution in [3.8, 4) is 11.5 Å². The molecular formula is C14H19NO3. The Morgan fingerprint density at radius 3 is 2.61 bits per heavy atom. The van der Waals surface area contributed by atoms with E-state index in [-0.39, 0.29) is 0 Å². The summed E-state index contributed by atoms with van der Waals surface area (Å²) in [5.41, 5.74) is 1.24. The van der Waals surface area contributed by atoms with E-state index in [0.29, 0.717) is 19.8 Å². The monoisotopic (exact) mass is 249 g/mol. The predicted molar refractivity (Wildman–Crippen MR) is 68.2 cm³/mol. The van der Waals surface area contributed by atoms with Gasteiger partial charge in [0.25, 0.3) is 0 Å². The van der Waals surface area contributed by atoms with Crippen LogP contribution in [0.15, 0.2) is 12.1 Å². The largest absolute Gasteiger partial charge is 0.486 e. The van der Waals surface area contributed by atoms with Crippen molar-refractivity contribution in [1.29, 1.82) is 0 Å². The second-order valence-corrected chi connectivity index (χ2v) is 5.12. The van der Waals surface area contributed by atoms with Gasteiger partial charge in [0.1, 0.15) is 18.8 Å². The van der Waals surface area contributed by atoms with E-state index in [1.807, 2.05) is 19.1 Å². The van der Waals surface area contributed by atoms with E-state index in [0.717, 1.165) is 42.0 Å². The van der Waals surface area contributed by atoms with Gasteiger partial charge in [0.05, 0.1) is 0 Å². The van der Waals surface area contributed by atoms with Gasteiger partial charge in [-0.25, -0.2) is 0 Å². The number of β-amino-alcohol motifs (C(OH)–C–C–N with tert-alkyl or cyclic N) is 1. The van der Waals surface area contributed by atoms with Crippen LogP contribution in [0.4, 0.5) is 0 Å². The smallest absolute Gasteiger partial charge is 0.161 e. The number of piperidine rings is 1. The Labute approximate surface area is 107 Å². The summed E-state index contributed by atoms with van der Waals surface area (Å²) in [5.74, 6) is 1.54. The molecule has 1 aromatic carbocycles. The average molecular weight is 249 g/mol.